The lowest BCUT2D eigenvalue weighted by atomic mass is 10.2. The Bertz CT molecular complexity index is 839. The number of aromatic nitrogens is 3. The molecule has 0 bridgehead atoms. The predicted octanol–water partition coefficient (Wildman–Crippen LogP) is 2.99. The van der Waals surface area contributed by atoms with E-state index in [0.717, 1.165) is 29.7 Å². The van der Waals surface area contributed by atoms with Crippen LogP contribution in [-0.2, 0) is 6.42 Å². The Morgan fingerprint density at radius 2 is 2.14 bits per heavy atom. The van der Waals surface area contributed by atoms with E-state index in [9.17, 15) is 9.18 Å². The highest BCUT2D eigenvalue weighted by Gasteiger charge is 2.11. The average Bonchev–Trinajstić information content (AvgIpc) is 2.85. The first-order chi connectivity index (χ1) is 10.6. The molecule has 0 saturated heterocycles. The Morgan fingerprint density at radius 3 is 2.82 bits per heavy atom. The van der Waals surface area contributed by atoms with Gasteiger partial charge in [-0.1, -0.05) is 6.92 Å². The lowest BCUT2D eigenvalue weighted by molar-refractivity contribution is 0.102. The number of carbonyl (C=O) groups is 1. The van der Waals surface area contributed by atoms with Crippen LogP contribution < -0.4 is 5.32 Å². The van der Waals surface area contributed by atoms with Gasteiger partial charge in [0.1, 0.15) is 17.3 Å². The van der Waals surface area contributed by atoms with E-state index in [1.54, 1.807) is 18.3 Å². The fourth-order valence-electron chi connectivity index (χ4n) is 2.32. The zero-order valence-electron chi connectivity index (χ0n) is 12.3. The molecule has 0 aliphatic rings. The summed E-state index contributed by atoms with van der Waals surface area (Å²) in [6, 6.07) is 6.18. The Kier molecular flexibility index (Phi) is 3.58. The lowest BCUT2D eigenvalue weighted by Crippen LogP contribution is -2.13. The number of anilines is 1. The highest BCUT2D eigenvalue weighted by atomic mass is 19.1. The fraction of sp³-hybridized carbons (Fsp3) is 0.188. The van der Waals surface area contributed by atoms with Gasteiger partial charge in [0.15, 0.2) is 0 Å². The lowest BCUT2D eigenvalue weighted by Gasteiger charge is -2.05. The minimum absolute atomic E-state index is 0.299. The van der Waals surface area contributed by atoms with Crippen molar-refractivity contribution in [2.75, 3.05) is 5.32 Å². The number of carbonyl (C=O) groups excluding carboxylic acids is 1. The monoisotopic (exact) mass is 298 g/mol. The zero-order valence-corrected chi connectivity index (χ0v) is 12.3. The van der Waals surface area contributed by atoms with Crippen LogP contribution in [0.4, 0.5) is 10.2 Å². The highest BCUT2D eigenvalue weighted by molar-refractivity contribution is 6.03. The summed E-state index contributed by atoms with van der Waals surface area (Å²) >= 11 is 0. The summed E-state index contributed by atoms with van der Waals surface area (Å²) in [5.41, 5.74) is 3.33. The van der Waals surface area contributed by atoms with Gasteiger partial charge in [-0.15, -0.1) is 0 Å². The number of fused-ring (bicyclic) bond motifs is 1. The number of rotatable bonds is 3. The molecule has 1 amide bonds. The maximum atomic E-state index is 12.8. The van der Waals surface area contributed by atoms with Crippen molar-refractivity contribution in [2.24, 2.45) is 0 Å². The molecule has 3 heterocycles. The highest BCUT2D eigenvalue weighted by Crippen LogP contribution is 2.15. The molecular formula is C16H15FN4O. The molecule has 1 N–H and O–H groups in total. The minimum atomic E-state index is -0.444. The topological polar surface area (TPSA) is 59.3 Å². The van der Waals surface area contributed by atoms with Gasteiger partial charge < -0.3 is 9.72 Å². The number of imidazole rings is 1. The van der Waals surface area contributed by atoms with Crippen LogP contribution in [0.15, 0.2) is 36.7 Å². The van der Waals surface area contributed by atoms with Gasteiger partial charge >= 0.3 is 0 Å². The molecule has 0 spiro atoms. The molecule has 0 aromatic carbocycles. The van der Waals surface area contributed by atoms with Crippen molar-refractivity contribution >= 4 is 17.4 Å². The second kappa shape index (κ2) is 5.55. The van der Waals surface area contributed by atoms with E-state index < -0.39 is 5.82 Å². The summed E-state index contributed by atoms with van der Waals surface area (Å²) in [5.74, 6) is -0.434. The van der Waals surface area contributed by atoms with E-state index in [-0.39, 0.29) is 5.91 Å². The number of hydrogen-bond acceptors (Lipinski definition) is 3. The van der Waals surface area contributed by atoms with Gasteiger partial charge in [0.05, 0.1) is 17.5 Å². The summed E-state index contributed by atoms with van der Waals surface area (Å²) in [7, 11) is 0. The third kappa shape index (κ3) is 2.55. The largest absolute Gasteiger partial charge is 0.307 e. The molecule has 0 saturated carbocycles. The predicted molar refractivity (Wildman–Crippen MR) is 81.5 cm³/mol. The molecule has 3 aromatic rings. The van der Waals surface area contributed by atoms with Gasteiger partial charge in [0.25, 0.3) is 5.91 Å². The maximum Gasteiger partial charge on any atom is 0.258 e. The minimum Gasteiger partial charge on any atom is -0.307 e. The number of aryl methyl sites for hydroxylation is 2. The van der Waals surface area contributed by atoms with Crippen molar-refractivity contribution in [3.8, 4) is 0 Å². The van der Waals surface area contributed by atoms with E-state index in [4.69, 9.17) is 0 Å². The normalized spacial score (nSPS) is 10.9. The van der Waals surface area contributed by atoms with Crippen LogP contribution in [-0.4, -0.2) is 20.3 Å². The molecular weight excluding hydrogens is 283 g/mol. The molecule has 3 rings (SSSR count). The second-order valence-electron chi connectivity index (χ2n) is 4.96. The van der Waals surface area contributed by atoms with Crippen molar-refractivity contribution in [3.63, 3.8) is 0 Å². The molecule has 3 aromatic heterocycles. The van der Waals surface area contributed by atoms with Gasteiger partial charge in [0, 0.05) is 11.9 Å². The van der Waals surface area contributed by atoms with Crippen LogP contribution in [0.1, 0.15) is 28.7 Å². The summed E-state index contributed by atoms with van der Waals surface area (Å²) in [6.07, 6.45) is 3.65. The van der Waals surface area contributed by atoms with Crippen LogP contribution in [0, 0.1) is 12.7 Å². The van der Waals surface area contributed by atoms with Crippen LogP contribution in [0.5, 0.6) is 0 Å². The van der Waals surface area contributed by atoms with Gasteiger partial charge in [-0.25, -0.2) is 14.4 Å². The first kappa shape index (κ1) is 14.2. The maximum absolute atomic E-state index is 12.8. The van der Waals surface area contributed by atoms with E-state index in [2.05, 4.69) is 15.3 Å². The van der Waals surface area contributed by atoms with Crippen molar-refractivity contribution < 1.29 is 9.18 Å². The summed E-state index contributed by atoms with van der Waals surface area (Å²) < 4.78 is 14.7. The number of nitrogens with one attached hydrogen (secondary N) is 1. The molecule has 0 unspecified atom stereocenters. The summed E-state index contributed by atoms with van der Waals surface area (Å²) in [4.78, 5) is 20.6. The third-order valence-electron chi connectivity index (χ3n) is 3.52. The Morgan fingerprint density at radius 1 is 1.32 bits per heavy atom. The van der Waals surface area contributed by atoms with Gasteiger partial charge in [0.2, 0.25) is 0 Å². The zero-order chi connectivity index (χ0) is 15.7. The number of pyridine rings is 2. The summed E-state index contributed by atoms with van der Waals surface area (Å²) in [6.45, 7) is 4.02. The smallest absolute Gasteiger partial charge is 0.258 e. The third-order valence-corrected chi connectivity index (χ3v) is 3.52. The van der Waals surface area contributed by atoms with E-state index in [1.165, 1.54) is 12.1 Å². The first-order valence-corrected chi connectivity index (χ1v) is 6.99. The molecule has 112 valence electrons. The molecule has 0 atom stereocenters. The fourth-order valence-corrected chi connectivity index (χ4v) is 2.32. The van der Waals surface area contributed by atoms with Gasteiger partial charge in [-0.2, -0.15) is 0 Å². The van der Waals surface area contributed by atoms with Crippen molar-refractivity contribution in [1.82, 2.24) is 14.4 Å². The van der Waals surface area contributed by atoms with Gasteiger partial charge in [-0.05, 0) is 37.6 Å². The van der Waals surface area contributed by atoms with Crippen LogP contribution in [0.2, 0.25) is 0 Å². The van der Waals surface area contributed by atoms with Gasteiger partial charge in [-0.3, -0.25) is 4.79 Å². The Labute approximate surface area is 126 Å². The molecule has 0 aliphatic carbocycles. The van der Waals surface area contributed by atoms with E-state index in [1.807, 2.05) is 18.2 Å². The summed E-state index contributed by atoms with van der Waals surface area (Å²) in [5, 5.41) is 2.64. The number of hydrogen-bond donors (Lipinski definition) is 1. The molecule has 22 heavy (non-hydrogen) atoms. The van der Waals surface area contributed by atoms with Crippen molar-refractivity contribution in [1.29, 1.82) is 0 Å². The molecule has 0 fully saturated rings. The first-order valence-electron chi connectivity index (χ1n) is 6.99. The Balaban J connectivity index is 1.90. The van der Waals surface area contributed by atoms with Crippen LogP contribution >= 0.6 is 0 Å². The molecule has 0 radical (unpaired) electrons. The average molecular weight is 298 g/mol. The van der Waals surface area contributed by atoms with E-state index >= 15 is 0 Å². The van der Waals surface area contributed by atoms with E-state index in [0.29, 0.717) is 11.4 Å². The standard InChI is InChI=1S/C16H15FN4O/c1-3-13-10(2)21-9-11(4-7-15(21)19-13)16(22)20-14-6-5-12(17)8-18-14/h4-9H,3H2,1-2H3,(H,18,20,22). The molecule has 5 nitrogen and oxygen atoms in total. The number of amides is 1. The second-order valence-corrected chi connectivity index (χ2v) is 4.96. The number of halogens is 1. The van der Waals surface area contributed by atoms with Crippen LogP contribution in [0.3, 0.4) is 0 Å². The molecule has 0 aliphatic heterocycles. The quantitative estimate of drug-likeness (QED) is 0.808. The SMILES string of the molecule is CCc1nc2ccc(C(=O)Nc3ccc(F)cn3)cn2c1C. The van der Waals surface area contributed by atoms with Crippen LogP contribution in [0.25, 0.3) is 5.65 Å². The van der Waals surface area contributed by atoms with Crippen molar-refractivity contribution in [3.05, 3.63) is 59.4 Å². The molecule has 6 heteroatoms. The Hall–Kier alpha value is -2.76. The van der Waals surface area contributed by atoms with Crippen molar-refractivity contribution in [2.45, 2.75) is 20.3 Å². The number of nitrogens with zero attached hydrogens (tertiary/aromatic N) is 3.